The first-order chi connectivity index (χ1) is 16.8. The summed E-state index contributed by atoms with van der Waals surface area (Å²) >= 11 is 6.11. The number of hydrogen-bond donors (Lipinski definition) is 1. The molecule has 8 nitrogen and oxygen atoms in total. The molecule has 0 fully saturated rings. The second kappa shape index (κ2) is 8.47. The van der Waals surface area contributed by atoms with E-state index >= 15 is 0 Å². The van der Waals surface area contributed by atoms with E-state index in [0.29, 0.717) is 44.1 Å². The fraction of sp³-hybridized carbons (Fsp3) is 0.115. The van der Waals surface area contributed by atoms with E-state index in [1.165, 1.54) is 10.6 Å². The number of pyridine rings is 3. The third-order valence-corrected chi connectivity index (χ3v) is 6.33. The van der Waals surface area contributed by atoms with Crippen LogP contribution in [0, 0.1) is 11.3 Å². The lowest BCUT2D eigenvalue weighted by Gasteiger charge is -2.30. The molecule has 0 aliphatic heterocycles. The van der Waals surface area contributed by atoms with Crippen molar-refractivity contribution in [2.75, 3.05) is 0 Å². The minimum Gasteiger partial charge on any atom is -0.374 e. The summed E-state index contributed by atoms with van der Waals surface area (Å²) in [4.78, 5) is 25.9. The molecule has 0 radical (unpaired) electrons. The summed E-state index contributed by atoms with van der Waals surface area (Å²) in [7, 11) is 3.43. The predicted molar refractivity (Wildman–Crippen MR) is 132 cm³/mol. The molecule has 5 aromatic rings. The average Bonchev–Trinajstić information content (AvgIpc) is 3.32. The van der Waals surface area contributed by atoms with Gasteiger partial charge in [-0.2, -0.15) is 5.26 Å². The summed E-state index contributed by atoms with van der Waals surface area (Å²) < 4.78 is 3.17. The summed E-state index contributed by atoms with van der Waals surface area (Å²) in [6.45, 7) is 0. The molecule has 0 aliphatic carbocycles. The zero-order valence-corrected chi connectivity index (χ0v) is 19.6. The summed E-state index contributed by atoms with van der Waals surface area (Å²) in [6.07, 6.45) is 4.75. The Labute approximate surface area is 205 Å². The van der Waals surface area contributed by atoms with Gasteiger partial charge in [0, 0.05) is 47.9 Å². The van der Waals surface area contributed by atoms with Gasteiger partial charge >= 0.3 is 0 Å². The van der Waals surface area contributed by atoms with Crippen molar-refractivity contribution in [3.05, 3.63) is 111 Å². The number of aromatic nitrogens is 5. The number of aliphatic hydroxyl groups is 1. The predicted octanol–water partition coefficient (Wildman–Crippen LogP) is 3.54. The molecule has 1 N–H and O–H groups in total. The lowest BCUT2D eigenvalue weighted by Crippen LogP contribution is -2.31. The van der Waals surface area contributed by atoms with Crippen LogP contribution in [0.15, 0.2) is 78.1 Å². The van der Waals surface area contributed by atoms with E-state index in [9.17, 15) is 15.2 Å². The second-order valence-electron chi connectivity index (χ2n) is 8.18. The molecule has 0 aliphatic rings. The number of nitrogens with zero attached hydrogens (tertiary/aromatic N) is 6. The quantitative estimate of drug-likeness (QED) is 0.419. The van der Waals surface area contributed by atoms with E-state index in [1.807, 2.05) is 6.07 Å². The standard InChI is InChI=1S/C26H19ClN6O2/c1-32-15-29-14-23(32)26(35,16-6-8-18(27)9-7-16)17-10-21-20(22-5-3-4-19(12-28)31-22)11-24(34)33(2)25(21)30-13-17/h3-11,13-15,35H,1-2H3/t26-/m1/s1. The van der Waals surface area contributed by atoms with Crippen molar-refractivity contribution in [1.82, 2.24) is 24.1 Å². The number of hydrogen-bond acceptors (Lipinski definition) is 6. The zero-order valence-electron chi connectivity index (χ0n) is 18.8. The van der Waals surface area contributed by atoms with Crippen molar-refractivity contribution in [1.29, 1.82) is 5.26 Å². The van der Waals surface area contributed by atoms with E-state index < -0.39 is 5.60 Å². The number of halogens is 1. The maximum Gasteiger partial charge on any atom is 0.252 e. The van der Waals surface area contributed by atoms with Crippen LogP contribution < -0.4 is 5.56 Å². The van der Waals surface area contributed by atoms with Crippen molar-refractivity contribution in [3.8, 4) is 17.3 Å². The van der Waals surface area contributed by atoms with Gasteiger partial charge in [-0.05, 0) is 35.9 Å². The Morgan fingerprint density at radius 2 is 1.83 bits per heavy atom. The van der Waals surface area contributed by atoms with Crippen molar-refractivity contribution in [2.24, 2.45) is 14.1 Å². The highest BCUT2D eigenvalue weighted by molar-refractivity contribution is 6.30. The fourth-order valence-corrected chi connectivity index (χ4v) is 4.37. The Balaban J connectivity index is 1.84. The Morgan fingerprint density at radius 1 is 1.06 bits per heavy atom. The van der Waals surface area contributed by atoms with Crippen LogP contribution in [0.3, 0.4) is 0 Å². The Kier molecular flexibility index (Phi) is 5.44. The van der Waals surface area contributed by atoms with E-state index in [-0.39, 0.29) is 11.3 Å². The van der Waals surface area contributed by atoms with Gasteiger partial charge in [0.2, 0.25) is 0 Å². The van der Waals surface area contributed by atoms with Gasteiger partial charge in [-0.15, -0.1) is 0 Å². The van der Waals surface area contributed by atoms with E-state index in [4.69, 9.17) is 11.6 Å². The molecule has 9 heteroatoms. The van der Waals surface area contributed by atoms with Crippen LogP contribution in [0.25, 0.3) is 22.3 Å². The van der Waals surface area contributed by atoms with Gasteiger partial charge in [0.1, 0.15) is 17.4 Å². The summed E-state index contributed by atoms with van der Waals surface area (Å²) in [5, 5.41) is 22.7. The molecule has 0 unspecified atom stereocenters. The average molecular weight is 483 g/mol. The number of nitriles is 1. The lowest BCUT2D eigenvalue weighted by molar-refractivity contribution is 0.117. The van der Waals surface area contributed by atoms with Crippen LogP contribution in [0.5, 0.6) is 0 Å². The molecule has 4 heterocycles. The number of imidazole rings is 1. The van der Waals surface area contributed by atoms with Gasteiger partial charge in [0.15, 0.2) is 5.60 Å². The van der Waals surface area contributed by atoms with Gasteiger partial charge in [-0.3, -0.25) is 9.36 Å². The molecule has 0 amide bonds. The monoisotopic (exact) mass is 482 g/mol. The molecule has 0 spiro atoms. The molecule has 0 saturated carbocycles. The number of fused-ring (bicyclic) bond motifs is 1. The van der Waals surface area contributed by atoms with Crippen LogP contribution in [-0.2, 0) is 19.7 Å². The highest BCUT2D eigenvalue weighted by Gasteiger charge is 2.37. The summed E-state index contributed by atoms with van der Waals surface area (Å²) in [6, 6.07) is 17.2. The van der Waals surface area contributed by atoms with Crippen LogP contribution in [0.1, 0.15) is 22.5 Å². The van der Waals surface area contributed by atoms with Gasteiger partial charge in [-0.25, -0.2) is 15.0 Å². The summed E-state index contributed by atoms with van der Waals surface area (Å²) in [5.41, 5.74) is 1.30. The fourth-order valence-electron chi connectivity index (χ4n) is 4.24. The smallest absolute Gasteiger partial charge is 0.252 e. The Hall–Kier alpha value is -4.32. The third kappa shape index (κ3) is 3.67. The molecule has 4 aromatic heterocycles. The van der Waals surface area contributed by atoms with Crippen LogP contribution >= 0.6 is 11.6 Å². The minimum absolute atomic E-state index is 0.230. The van der Waals surface area contributed by atoms with E-state index in [0.717, 1.165) is 0 Å². The Morgan fingerprint density at radius 3 is 2.51 bits per heavy atom. The second-order valence-corrected chi connectivity index (χ2v) is 8.61. The maximum atomic E-state index is 12.7. The molecule has 172 valence electrons. The SMILES string of the molecule is Cn1cncc1[C@@](O)(c1ccc(Cl)cc1)c1cnc2c(c1)c(-c1cccc(C#N)n1)cc(=O)n2C. The number of benzene rings is 1. The first-order valence-corrected chi connectivity index (χ1v) is 11.0. The van der Waals surface area contributed by atoms with Gasteiger partial charge in [0.05, 0.1) is 23.9 Å². The molecule has 0 bridgehead atoms. The first kappa shape index (κ1) is 22.5. The van der Waals surface area contributed by atoms with Crippen LogP contribution in [0.4, 0.5) is 0 Å². The topological polar surface area (TPSA) is 110 Å². The Bertz CT molecular complexity index is 1680. The van der Waals surface area contributed by atoms with Crippen molar-refractivity contribution < 1.29 is 5.11 Å². The van der Waals surface area contributed by atoms with Gasteiger partial charge in [-0.1, -0.05) is 29.8 Å². The third-order valence-electron chi connectivity index (χ3n) is 6.08. The molecule has 35 heavy (non-hydrogen) atoms. The highest BCUT2D eigenvalue weighted by atomic mass is 35.5. The van der Waals surface area contributed by atoms with Crippen molar-refractivity contribution >= 4 is 22.6 Å². The summed E-state index contributed by atoms with van der Waals surface area (Å²) in [5.74, 6) is 0. The molecular formula is C26H19ClN6O2. The van der Waals surface area contributed by atoms with Gasteiger partial charge < -0.3 is 9.67 Å². The van der Waals surface area contributed by atoms with E-state index in [2.05, 4.69) is 15.0 Å². The largest absolute Gasteiger partial charge is 0.374 e. The molecule has 0 saturated heterocycles. The molecule has 5 rings (SSSR count). The first-order valence-electron chi connectivity index (χ1n) is 10.7. The lowest BCUT2D eigenvalue weighted by atomic mass is 9.83. The van der Waals surface area contributed by atoms with Crippen molar-refractivity contribution in [2.45, 2.75) is 5.60 Å². The van der Waals surface area contributed by atoms with Crippen LogP contribution in [-0.4, -0.2) is 29.2 Å². The molecule has 1 atom stereocenters. The number of aryl methyl sites for hydroxylation is 2. The van der Waals surface area contributed by atoms with E-state index in [1.54, 1.807) is 85.9 Å². The minimum atomic E-state index is -1.62. The van der Waals surface area contributed by atoms with Crippen LogP contribution in [0.2, 0.25) is 5.02 Å². The maximum absolute atomic E-state index is 12.7. The molecule has 1 aromatic carbocycles. The number of rotatable bonds is 4. The van der Waals surface area contributed by atoms with Gasteiger partial charge in [0.25, 0.3) is 5.56 Å². The van der Waals surface area contributed by atoms with Crippen molar-refractivity contribution in [3.63, 3.8) is 0 Å². The highest BCUT2D eigenvalue weighted by Crippen LogP contribution is 2.38. The normalized spacial score (nSPS) is 12.9. The zero-order chi connectivity index (χ0) is 24.7. The molecular weight excluding hydrogens is 464 g/mol.